The van der Waals surface area contributed by atoms with Gasteiger partial charge in [0.1, 0.15) is 5.69 Å². The van der Waals surface area contributed by atoms with E-state index in [1.54, 1.807) is 4.68 Å². The van der Waals surface area contributed by atoms with E-state index < -0.39 is 5.54 Å². The van der Waals surface area contributed by atoms with Crippen molar-refractivity contribution in [2.24, 2.45) is 5.73 Å². The summed E-state index contributed by atoms with van der Waals surface area (Å²) in [5.74, 6) is 0. The minimum atomic E-state index is -0.489. The van der Waals surface area contributed by atoms with Crippen molar-refractivity contribution in [3.63, 3.8) is 0 Å². The van der Waals surface area contributed by atoms with Gasteiger partial charge < -0.3 is 5.73 Å². The highest BCUT2D eigenvalue weighted by Gasteiger charge is 2.19. The molecule has 0 bridgehead atoms. The van der Waals surface area contributed by atoms with Crippen LogP contribution in [0.5, 0.6) is 0 Å². The van der Waals surface area contributed by atoms with Crippen LogP contribution in [0.4, 0.5) is 0 Å². The molecule has 0 unspecified atom stereocenters. The standard InChI is InChI=1S/C11H12Br2N4/c1-11(2,14)10-6-17(16-15-10)9-5-7(12)3-4-8(9)13/h3-6H,14H2,1-2H3. The Hall–Kier alpha value is -0.720. The van der Waals surface area contributed by atoms with Crippen LogP contribution >= 0.6 is 31.9 Å². The van der Waals surface area contributed by atoms with Crippen molar-refractivity contribution in [1.82, 2.24) is 15.0 Å². The third-order valence-corrected chi connectivity index (χ3v) is 3.47. The molecule has 0 aliphatic carbocycles. The molecule has 0 atom stereocenters. The highest BCUT2D eigenvalue weighted by atomic mass is 79.9. The normalized spacial score (nSPS) is 11.8. The van der Waals surface area contributed by atoms with Gasteiger partial charge in [0, 0.05) is 8.95 Å². The fourth-order valence-electron chi connectivity index (χ4n) is 1.34. The maximum Gasteiger partial charge on any atom is 0.102 e. The topological polar surface area (TPSA) is 56.7 Å². The van der Waals surface area contributed by atoms with Crippen LogP contribution in [0.25, 0.3) is 5.69 Å². The van der Waals surface area contributed by atoms with E-state index >= 15 is 0 Å². The molecule has 0 radical (unpaired) electrons. The molecule has 0 saturated carbocycles. The monoisotopic (exact) mass is 358 g/mol. The summed E-state index contributed by atoms with van der Waals surface area (Å²) in [4.78, 5) is 0. The molecule has 6 heteroatoms. The molecule has 90 valence electrons. The van der Waals surface area contributed by atoms with Gasteiger partial charge in [0.25, 0.3) is 0 Å². The maximum absolute atomic E-state index is 5.98. The van der Waals surface area contributed by atoms with Crippen LogP contribution in [0.3, 0.4) is 0 Å². The van der Waals surface area contributed by atoms with E-state index in [1.807, 2.05) is 38.2 Å². The van der Waals surface area contributed by atoms with Crippen LogP contribution in [-0.2, 0) is 5.54 Å². The molecular formula is C11H12Br2N4. The summed E-state index contributed by atoms with van der Waals surface area (Å²) in [5, 5.41) is 8.18. The molecule has 1 aromatic heterocycles. The summed E-state index contributed by atoms with van der Waals surface area (Å²) in [6.45, 7) is 3.80. The summed E-state index contributed by atoms with van der Waals surface area (Å²) in [5.41, 5.74) is 7.16. The number of hydrogen-bond acceptors (Lipinski definition) is 3. The van der Waals surface area contributed by atoms with E-state index in [1.165, 1.54) is 0 Å². The zero-order valence-electron chi connectivity index (χ0n) is 9.48. The molecule has 1 aromatic carbocycles. The Morgan fingerprint density at radius 1 is 1.29 bits per heavy atom. The smallest absolute Gasteiger partial charge is 0.102 e. The number of rotatable bonds is 2. The lowest BCUT2D eigenvalue weighted by molar-refractivity contribution is 0.533. The molecule has 4 nitrogen and oxygen atoms in total. The largest absolute Gasteiger partial charge is 0.320 e. The van der Waals surface area contributed by atoms with Crippen molar-refractivity contribution < 1.29 is 0 Å². The van der Waals surface area contributed by atoms with Crippen LogP contribution in [0, 0.1) is 0 Å². The molecule has 0 spiro atoms. The Kier molecular flexibility index (Phi) is 3.38. The number of benzene rings is 1. The van der Waals surface area contributed by atoms with Crippen LogP contribution < -0.4 is 5.73 Å². The third-order valence-electron chi connectivity index (χ3n) is 2.31. The quantitative estimate of drug-likeness (QED) is 0.896. The van der Waals surface area contributed by atoms with Gasteiger partial charge in [-0.05, 0) is 48.0 Å². The summed E-state index contributed by atoms with van der Waals surface area (Å²) in [6.07, 6.45) is 1.84. The van der Waals surface area contributed by atoms with E-state index in [0.717, 1.165) is 20.3 Å². The van der Waals surface area contributed by atoms with Gasteiger partial charge >= 0.3 is 0 Å². The fourth-order valence-corrected chi connectivity index (χ4v) is 2.12. The Bertz CT molecular complexity index is 543. The summed E-state index contributed by atoms with van der Waals surface area (Å²) >= 11 is 6.92. The highest BCUT2D eigenvalue weighted by molar-refractivity contribution is 9.11. The summed E-state index contributed by atoms with van der Waals surface area (Å²) < 4.78 is 3.64. The SMILES string of the molecule is CC(C)(N)c1cn(-c2cc(Br)ccc2Br)nn1. The minimum Gasteiger partial charge on any atom is -0.320 e. The Morgan fingerprint density at radius 2 is 2.00 bits per heavy atom. The first-order valence-electron chi connectivity index (χ1n) is 5.05. The predicted octanol–water partition coefficient (Wildman–Crippen LogP) is 2.99. The lowest BCUT2D eigenvalue weighted by Gasteiger charge is -2.13. The van der Waals surface area contributed by atoms with Crippen LogP contribution in [0.1, 0.15) is 19.5 Å². The van der Waals surface area contributed by atoms with Gasteiger partial charge in [-0.25, -0.2) is 4.68 Å². The van der Waals surface area contributed by atoms with Gasteiger partial charge in [-0.3, -0.25) is 0 Å². The van der Waals surface area contributed by atoms with E-state index in [-0.39, 0.29) is 0 Å². The van der Waals surface area contributed by atoms with Crippen molar-refractivity contribution in [3.05, 3.63) is 39.0 Å². The zero-order valence-corrected chi connectivity index (χ0v) is 12.7. The average Bonchev–Trinajstić information content (AvgIpc) is 2.70. The van der Waals surface area contributed by atoms with Crippen LogP contribution in [0.2, 0.25) is 0 Å². The third kappa shape index (κ3) is 2.75. The molecule has 0 amide bonds. The van der Waals surface area contributed by atoms with Crippen molar-refractivity contribution >= 4 is 31.9 Å². The van der Waals surface area contributed by atoms with E-state index in [0.29, 0.717) is 0 Å². The number of aromatic nitrogens is 3. The number of hydrogen-bond donors (Lipinski definition) is 1. The predicted molar refractivity (Wildman–Crippen MR) is 74.0 cm³/mol. The molecule has 1 heterocycles. The van der Waals surface area contributed by atoms with Crippen LogP contribution in [0.15, 0.2) is 33.3 Å². The summed E-state index contributed by atoms with van der Waals surface area (Å²) in [7, 11) is 0. The zero-order chi connectivity index (χ0) is 12.6. The number of halogens is 2. The molecule has 2 rings (SSSR count). The van der Waals surface area contributed by atoms with Gasteiger partial charge in [-0.2, -0.15) is 0 Å². The van der Waals surface area contributed by atoms with Crippen molar-refractivity contribution in [1.29, 1.82) is 0 Å². The van der Waals surface area contributed by atoms with Gasteiger partial charge in [0.2, 0.25) is 0 Å². The van der Waals surface area contributed by atoms with Crippen molar-refractivity contribution in [2.75, 3.05) is 0 Å². The van der Waals surface area contributed by atoms with Gasteiger partial charge in [0.05, 0.1) is 17.4 Å². The van der Waals surface area contributed by atoms with E-state index in [4.69, 9.17) is 5.73 Å². The van der Waals surface area contributed by atoms with E-state index in [9.17, 15) is 0 Å². The molecule has 0 aliphatic rings. The average molecular weight is 360 g/mol. The van der Waals surface area contributed by atoms with Crippen molar-refractivity contribution in [3.8, 4) is 5.69 Å². The first-order chi connectivity index (χ1) is 7.88. The first kappa shape index (κ1) is 12.7. The van der Waals surface area contributed by atoms with Crippen LogP contribution in [-0.4, -0.2) is 15.0 Å². The highest BCUT2D eigenvalue weighted by Crippen LogP contribution is 2.25. The molecular weight excluding hydrogens is 348 g/mol. The molecule has 0 fully saturated rings. The Labute approximate surface area is 116 Å². The van der Waals surface area contributed by atoms with Gasteiger partial charge in [0.15, 0.2) is 0 Å². The minimum absolute atomic E-state index is 0.489. The second-order valence-corrected chi connectivity index (χ2v) is 6.14. The summed E-state index contributed by atoms with van der Waals surface area (Å²) in [6, 6.07) is 5.87. The molecule has 2 aromatic rings. The lowest BCUT2D eigenvalue weighted by Crippen LogP contribution is -2.29. The second-order valence-electron chi connectivity index (χ2n) is 4.37. The maximum atomic E-state index is 5.98. The van der Waals surface area contributed by atoms with E-state index in [2.05, 4.69) is 42.2 Å². The Morgan fingerprint density at radius 3 is 2.59 bits per heavy atom. The Balaban J connectivity index is 2.47. The van der Waals surface area contributed by atoms with Gasteiger partial charge in [-0.15, -0.1) is 5.10 Å². The molecule has 17 heavy (non-hydrogen) atoms. The number of nitrogens with two attached hydrogens (primary N) is 1. The first-order valence-corrected chi connectivity index (χ1v) is 6.63. The molecule has 0 aliphatic heterocycles. The second kappa shape index (κ2) is 4.51. The lowest BCUT2D eigenvalue weighted by atomic mass is 10.0. The fraction of sp³-hybridized carbons (Fsp3) is 0.273. The van der Waals surface area contributed by atoms with Crippen molar-refractivity contribution in [2.45, 2.75) is 19.4 Å². The number of nitrogens with zero attached hydrogens (tertiary/aromatic N) is 3. The molecule has 0 saturated heterocycles. The van der Waals surface area contributed by atoms with Gasteiger partial charge in [-0.1, -0.05) is 21.1 Å². The molecule has 2 N–H and O–H groups in total.